The predicted molar refractivity (Wildman–Crippen MR) is 106 cm³/mol. The van der Waals surface area contributed by atoms with Gasteiger partial charge in [0, 0.05) is 57.6 Å². The number of amides is 2. The molecule has 2 saturated heterocycles. The Hall–Kier alpha value is -1.89. The molecular weight excluding hydrogens is 354 g/mol. The summed E-state index contributed by atoms with van der Waals surface area (Å²) >= 11 is 0. The molecule has 0 N–H and O–H groups in total. The van der Waals surface area contributed by atoms with Gasteiger partial charge in [-0.05, 0) is 51.1 Å². The number of hydrogen-bond donors (Lipinski definition) is 0. The number of carbonyl (C=O) groups is 2. The molecule has 1 aliphatic carbocycles. The highest BCUT2D eigenvalue weighted by Crippen LogP contribution is 2.32. The summed E-state index contributed by atoms with van der Waals surface area (Å²) in [6.45, 7) is 5.16. The monoisotopic (exact) mass is 387 g/mol. The fourth-order valence-corrected chi connectivity index (χ4v) is 4.69. The van der Waals surface area contributed by atoms with Crippen LogP contribution in [0.2, 0.25) is 0 Å². The van der Waals surface area contributed by atoms with E-state index in [2.05, 4.69) is 14.9 Å². The summed E-state index contributed by atoms with van der Waals surface area (Å²) in [5.74, 6) is 1.07. The molecule has 3 heterocycles. The summed E-state index contributed by atoms with van der Waals surface area (Å²) in [4.78, 5) is 31.6. The van der Waals surface area contributed by atoms with Crippen molar-refractivity contribution in [3.63, 3.8) is 0 Å². The van der Waals surface area contributed by atoms with Gasteiger partial charge in [-0.25, -0.2) is 0 Å². The van der Waals surface area contributed by atoms with Crippen LogP contribution in [0.1, 0.15) is 38.5 Å². The van der Waals surface area contributed by atoms with Gasteiger partial charge in [0.05, 0.1) is 12.5 Å². The van der Waals surface area contributed by atoms with E-state index in [1.54, 1.807) is 6.20 Å². The average molecular weight is 388 g/mol. The fourth-order valence-electron chi connectivity index (χ4n) is 4.69. The Bertz CT molecular complexity index is 664. The van der Waals surface area contributed by atoms with Gasteiger partial charge in [-0.3, -0.25) is 19.2 Å². The first-order chi connectivity index (χ1) is 13.6. The minimum atomic E-state index is 0.0995. The van der Waals surface area contributed by atoms with E-state index in [1.165, 1.54) is 0 Å². The van der Waals surface area contributed by atoms with Gasteiger partial charge in [0.1, 0.15) is 0 Å². The molecule has 154 valence electrons. The zero-order valence-corrected chi connectivity index (χ0v) is 17.0. The summed E-state index contributed by atoms with van der Waals surface area (Å²) < 4.78 is 1.87. The first-order valence-electron chi connectivity index (χ1n) is 10.9. The van der Waals surface area contributed by atoms with Gasteiger partial charge in [-0.1, -0.05) is 0 Å². The first kappa shape index (κ1) is 19.4. The Labute approximate surface area is 167 Å². The van der Waals surface area contributed by atoms with Gasteiger partial charge >= 0.3 is 0 Å². The normalized spacial score (nSPS) is 24.3. The van der Waals surface area contributed by atoms with Crippen molar-refractivity contribution in [1.29, 1.82) is 0 Å². The predicted octanol–water partition coefficient (Wildman–Crippen LogP) is 1.45. The van der Waals surface area contributed by atoms with Crippen molar-refractivity contribution in [2.45, 2.75) is 51.1 Å². The number of likely N-dealkylation sites (N-methyl/N-ethyl adjacent to an activating group) is 1. The van der Waals surface area contributed by atoms with E-state index in [4.69, 9.17) is 0 Å². The molecule has 1 aromatic heterocycles. The number of carbonyl (C=O) groups excluding carboxylic acids is 2. The van der Waals surface area contributed by atoms with E-state index in [0.29, 0.717) is 24.4 Å². The summed E-state index contributed by atoms with van der Waals surface area (Å²) in [5, 5.41) is 4.21. The Morgan fingerprint density at radius 1 is 1.07 bits per heavy atom. The zero-order valence-electron chi connectivity index (χ0n) is 17.0. The first-order valence-corrected chi connectivity index (χ1v) is 10.9. The van der Waals surface area contributed by atoms with E-state index in [9.17, 15) is 9.59 Å². The highest BCUT2D eigenvalue weighted by atomic mass is 16.2. The third-order valence-electron chi connectivity index (χ3n) is 6.62. The standard InChI is InChI=1S/C21H33N5O2/c1-23(14-15-26-11-3-9-22-26)20(27)18-4-2-10-25(16-18)19-7-12-24(13-8-19)21(28)17-5-6-17/h3,9,11,17-19H,2,4-8,10,12-16H2,1H3/t18-/m1/s1. The van der Waals surface area contributed by atoms with Crippen molar-refractivity contribution < 1.29 is 9.59 Å². The second kappa shape index (κ2) is 8.64. The van der Waals surface area contributed by atoms with E-state index in [-0.39, 0.29) is 11.8 Å². The third-order valence-corrected chi connectivity index (χ3v) is 6.62. The van der Waals surface area contributed by atoms with Crippen LogP contribution in [0.4, 0.5) is 0 Å². The van der Waals surface area contributed by atoms with Crippen molar-refractivity contribution in [2.75, 3.05) is 39.8 Å². The van der Waals surface area contributed by atoms with Crippen LogP contribution in [0.3, 0.4) is 0 Å². The van der Waals surface area contributed by atoms with E-state index in [1.807, 2.05) is 28.9 Å². The van der Waals surface area contributed by atoms with Gasteiger partial charge in [0.15, 0.2) is 0 Å². The summed E-state index contributed by atoms with van der Waals surface area (Å²) in [6, 6.07) is 2.43. The van der Waals surface area contributed by atoms with Crippen LogP contribution in [0.25, 0.3) is 0 Å². The lowest BCUT2D eigenvalue weighted by atomic mass is 9.93. The Morgan fingerprint density at radius 2 is 1.86 bits per heavy atom. The van der Waals surface area contributed by atoms with Crippen molar-refractivity contribution in [3.05, 3.63) is 18.5 Å². The Balaban J connectivity index is 1.24. The highest BCUT2D eigenvalue weighted by Gasteiger charge is 2.37. The smallest absolute Gasteiger partial charge is 0.226 e. The topological polar surface area (TPSA) is 61.7 Å². The fraction of sp³-hybridized carbons (Fsp3) is 0.762. The summed E-state index contributed by atoms with van der Waals surface area (Å²) in [5.41, 5.74) is 0. The molecule has 0 aromatic carbocycles. The molecule has 7 heteroatoms. The summed E-state index contributed by atoms with van der Waals surface area (Å²) in [6.07, 6.45) is 10.0. The molecule has 0 unspecified atom stereocenters. The van der Waals surface area contributed by atoms with E-state index >= 15 is 0 Å². The quantitative estimate of drug-likeness (QED) is 0.741. The molecule has 0 spiro atoms. The molecule has 0 bridgehead atoms. The van der Waals surface area contributed by atoms with Gasteiger partial charge in [0.2, 0.25) is 11.8 Å². The lowest BCUT2D eigenvalue weighted by molar-refractivity contribution is -0.136. The maximum absolute atomic E-state index is 12.9. The van der Waals surface area contributed by atoms with Crippen molar-refractivity contribution in [3.8, 4) is 0 Å². The molecule has 4 rings (SSSR count). The molecule has 1 atom stereocenters. The van der Waals surface area contributed by atoms with Gasteiger partial charge in [-0.2, -0.15) is 5.10 Å². The van der Waals surface area contributed by atoms with Crippen LogP contribution in [-0.2, 0) is 16.1 Å². The SMILES string of the molecule is CN(CCn1cccn1)C(=O)[C@@H]1CCCN(C2CCN(C(=O)C3CC3)CC2)C1. The van der Waals surface area contributed by atoms with E-state index < -0.39 is 0 Å². The van der Waals surface area contributed by atoms with Crippen LogP contribution in [-0.4, -0.2) is 82.1 Å². The lowest BCUT2D eigenvalue weighted by Gasteiger charge is -2.42. The summed E-state index contributed by atoms with van der Waals surface area (Å²) in [7, 11) is 1.91. The third kappa shape index (κ3) is 4.57. The number of nitrogens with zero attached hydrogens (tertiary/aromatic N) is 5. The Morgan fingerprint density at radius 3 is 2.54 bits per heavy atom. The molecule has 3 fully saturated rings. The zero-order chi connectivity index (χ0) is 19.5. The maximum Gasteiger partial charge on any atom is 0.226 e. The molecule has 1 saturated carbocycles. The van der Waals surface area contributed by atoms with E-state index in [0.717, 1.165) is 71.2 Å². The largest absolute Gasteiger partial charge is 0.344 e. The molecule has 0 radical (unpaired) electrons. The van der Waals surface area contributed by atoms with Crippen LogP contribution in [0.15, 0.2) is 18.5 Å². The second-order valence-electron chi connectivity index (χ2n) is 8.69. The molecule has 3 aliphatic rings. The van der Waals surface area contributed by atoms with Crippen LogP contribution in [0, 0.1) is 11.8 Å². The molecular formula is C21H33N5O2. The van der Waals surface area contributed by atoms with Gasteiger partial charge < -0.3 is 9.80 Å². The van der Waals surface area contributed by atoms with Gasteiger partial charge in [-0.15, -0.1) is 0 Å². The highest BCUT2D eigenvalue weighted by molar-refractivity contribution is 5.81. The van der Waals surface area contributed by atoms with Crippen LogP contribution >= 0.6 is 0 Å². The van der Waals surface area contributed by atoms with Crippen molar-refractivity contribution >= 4 is 11.8 Å². The second-order valence-corrected chi connectivity index (χ2v) is 8.69. The van der Waals surface area contributed by atoms with Crippen LogP contribution < -0.4 is 0 Å². The molecule has 1 aromatic rings. The molecule has 2 aliphatic heterocycles. The van der Waals surface area contributed by atoms with Crippen LogP contribution in [0.5, 0.6) is 0 Å². The minimum absolute atomic E-state index is 0.0995. The number of rotatable bonds is 6. The van der Waals surface area contributed by atoms with Gasteiger partial charge in [0.25, 0.3) is 0 Å². The Kier molecular flexibility index (Phi) is 5.99. The minimum Gasteiger partial charge on any atom is -0.344 e. The van der Waals surface area contributed by atoms with Crippen molar-refractivity contribution in [1.82, 2.24) is 24.5 Å². The molecule has 28 heavy (non-hydrogen) atoms. The number of likely N-dealkylation sites (tertiary alicyclic amines) is 2. The number of piperidine rings is 2. The molecule has 2 amide bonds. The average Bonchev–Trinajstić information content (AvgIpc) is 3.46. The lowest BCUT2D eigenvalue weighted by Crippen LogP contribution is -2.52. The molecule has 7 nitrogen and oxygen atoms in total. The maximum atomic E-state index is 12.9. The van der Waals surface area contributed by atoms with Crippen molar-refractivity contribution in [2.24, 2.45) is 11.8 Å². The number of hydrogen-bond acceptors (Lipinski definition) is 4. The number of aromatic nitrogens is 2.